The lowest BCUT2D eigenvalue weighted by molar-refractivity contribution is 0.200. The Kier molecular flexibility index (Phi) is 3.89. The third-order valence-corrected chi connectivity index (χ3v) is 0.993. The standard InChI is InChI=1S/C4H7O2S/c1-3-7-4(5)6-2/h1,3H2,2H3. The number of carbonyl (C=O) groups is 1. The summed E-state index contributed by atoms with van der Waals surface area (Å²) in [7, 11) is 1.35. The SMILES string of the molecule is [CH2]CSC(=O)OC. The van der Waals surface area contributed by atoms with Crippen LogP contribution in [-0.4, -0.2) is 18.2 Å². The molecular weight excluding hydrogens is 112 g/mol. The Morgan fingerprint density at radius 3 is 2.71 bits per heavy atom. The van der Waals surface area contributed by atoms with Gasteiger partial charge < -0.3 is 4.74 Å². The van der Waals surface area contributed by atoms with Crippen LogP contribution in [0.1, 0.15) is 0 Å². The molecule has 0 spiro atoms. The summed E-state index contributed by atoms with van der Waals surface area (Å²) in [6.07, 6.45) is 0. The van der Waals surface area contributed by atoms with Gasteiger partial charge in [0, 0.05) is 5.75 Å². The van der Waals surface area contributed by atoms with Crippen LogP contribution in [0, 0.1) is 6.92 Å². The van der Waals surface area contributed by atoms with Crippen LogP contribution in [-0.2, 0) is 4.74 Å². The summed E-state index contributed by atoms with van der Waals surface area (Å²) in [6, 6.07) is 0. The molecular formula is C4H7O2S. The summed E-state index contributed by atoms with van der Waals surface area (Å²) >= 11 is 1.06. The van der Waals surface area contributed by atoms with Crippen molar-refractivity contribution in [1.29, 1.82) is 0 Å². The summed E-state index contributed by atoms with van der Waals surface area (Å²) in [6.45, 7) is 3.44. The molecule has 0 N–H and O–H groups in total. The van der Waals surface area contributed by atoms with Gasteiger partial charge in [-0.25, -0.2) is 4.79 Å². The van der Waals surface area contributed by atoms with Gasteiger partial charge in [0.15, 0.2) is 0 Å². The molecule has 0 saturated carbocycles. The smallest absolute Gasteiger partial charge is 0.367 e. The molecule has 0 rings (SSSR count). The van der Waals surface area contributed by atoms with Gasteiger partial charge in [-0.3, -0.25) is 0 Å². The molecule has 0 aromatic carbocycles. The zero-order valence-electron chi connectivity index (χ0n) is 4.14. The van der Waals surface area contributed by atoms with Crippen molar-refractivity contribution in [2.45, 2.75) is 0 Å². The summed E-state index contributed by atoms with van der Waals surface area (Å²) in [4.78, 5) is 10.1. The number of rotatable bonds is 1. The van der Waals surface area contributed by atoms with E-state index in [9.17, 15) is 4.79 Å². The molecule has 0 heterocycles. The lowest BCUT2D eigenvalue weighted by atomic mass is 11.0. The second-order valence-electron chi connectivity index (χ2n) is 0.803. The van der Waals surface area contributed by atoms with Crippen LogP contribution in [0.3, 0.4) is 0 Å². The summed E-state index contributed by atoms with van der Waals surface area (Å²) in [5.74, 6) is 0.534. The van der Waals surface area contributed by atoms with Gasteiger partial charge in [-0.2, -0.15) is 0 Å². The first-order chi connectivity index (χ1) is 3.31. The van der Waals surface area contributed by atoms with E-state index in [0.717, 1.165) is 11.8 Å². The normalized spacial score (nSPS) is 8.29. The molecule has 0 saturated heterocycles. The predicted octanol–water partition coefficient (Wildman–Crippen LogP) is 1.32. The average Bonchev–Trinajstić information content (AvgIpc) is 1.68. The number of carbonyl (C=O) groups excluding carboxylic acids is 1. The fraction of sp³-hybridized carbons (Fsp3) is 0.500. The Morgan fingerprint density at radius 1 is 2.00 bits per heavy atom. The van der Waals surface area contributed by atoms with Crippen LogP contribution in [0.2, 0.25) is 0 Å². The van der Waals surface area contributed by atoms with Crippen molar-refractivity contribution in [3.8, 4) is 0 Å². The summed E-state index contributed by atoms with van der Waals surface area (Å²) < 4.78 is 4.27. The van der Waals surface area contributed by atoms with E-state index in [2.05, 4.69) is 11.7 Å². The maximum atomic E-state index is 10.1. The highest BCUT2D eigenvalue weighted by Gasteiger charge is 1.93. The maximum absolute atomic E-state index is 10.1. The number of hydrogen-bond acceptors (Lipinski definition) is 3. The minimum absolute atomic E-state index is 0.269. The average molecular weight is 119 g/mol. The van der Waals surface area contributed by atoms with E-state index in [-0.39, 0.29) is 5.30 Å². The molecule has 0 aliphatic heterocycles. The van der Waals surface area contributed by atoms with Gasteiger partial charge in [-0.05, 0) is 18.7 Å². The molecule has 0 aliphatic carbocycles. The first-order valence-electron chi connectivity index (χ1n) is 1.81. The molecule has 2 nitrogen and oxygen atoms in total. The van der Waals surface area contributed by atoms with Crippen LogP contribution in [0.15, 0.2) is 0 Å². The molecule has 1 radical (unpaired) electrons. The van der Waals surface area contributed by atoms with E-state index < -0.39 is 0 Å². The molecule has 0 aromatic rings. The number of hydrogen-bond donors (Lipinski definition) is 0. The molecule has 0 aromatic heterocycles. The zero-order chi connectivity index (χ0) is 5.70. The van der Waals surface area contributed by atoms with Crippen LogP contribution in [0.4, 0.5) is 4.79 Å². The molecule has 7 heavy (non-hydrogen) atoms. The fourth-order valence-corrected chi connectivity index (χ4v) is 0.427. The fourth-order valence-electron chi connectivity index (χ4n) is 0.142. The van der Waals surface area contributed by atoms with Crippen molar-refractivity contribution in [3.05, 3.63) is 6.92 Å². The van der Waals surface area contributed by atoms with E-state index in [4.69, 9.17) is 0 Å². The minimum atomic E-state index is -0.269. The van der Waals surface area contributed by atoms with Gasteiger partial charge in [0.1, 0.15) is 0 Å². The van der Waals surface area contributed by atoms with E-state index in [0.29, 0.717) is 5.75 Å². The molecule has 0 atom stereocenters. The molecule has 41 valence electrons. The van der Waals surface area contributed by atoms with Gasteiger partial charge in [0.2, 0.25) is 0 Å². The van der Waals surface area contributed by atoms with Crippen LogP contribution in [0.5, 0.6) is 0 Å². The number of thioether (sulfide) groups is 1. The van der Waals surface area contributed by atoms with Gasteiger partial charge in [-0.1, -0.05) is 0 Å². The highest BCUT2D eigenvalue weighted by atomic mass is 32.2. The van der Waals surface area contributed by atoms with Crippen molar-refractivity contribution in [2.75, 3.05) is 12.9 Å². The second-order valence-corrected chi connectivity index (χ2v) is 1.83. The van der Waals surface area contributed by atoms with Crippen molar-refractivity contribution >= 4 is 17.1 Å². The third kappa shape index (κ3) is 3.66. The van der Waals surface area contributed by atoms with Crippen molar-refractivity contribution in [3.63, 3.8) is 0 Å². The zero-order valence-corrected chi connectivity index (χ0v) is 4.96. The maximum Gasteiger partial charge on any atom is 0.367 e. The van der Waals surface area contributed by atoms with E-state index in [1.165, 1.54) is 7.11 Å². The Bertz CT molecular complexity index is 62.7. The Labute approximate surface area is 47.2 Å². The molecule has 0 amide bonds. The van der Waals surface area contributed by atoms with Gasteiger partial charge in [-0.15, -0.1) is 0 Å². The van der Waals surface area contributed by atoms with E-state index >= 15 is 0 Å². The second kappa shape index (κ2) is 3.99. The van der Waals surface area contributed by atoms with E-state index in [1.54, 1.807) is 0 Å². The quantitative estimate of drug-likeness (QED) is 0.487. The lowest BCUT2D eigenvalue weighted by Gasteiger charge is -1.90. The van der Waals surface area contributed by atoms with Gasteiger partial charge >= 0.3 is 5.30 Å². The highest BCUT2D eigenvalue weighted by Crippen LogP contribution is 2.00. The largest absolute Gasteiger partial charge is 0.461 e. The van der Waals surface area contributed by atoms with Crippen molar-refractivity contribution < 1.29 is 9.53 Å². The molecule has 0 aliphatic rings. The van der Waals surface area contributed by atoms with Gasteiger partial charge in [0.05, 0.1) is 7.11 Å². The van der Waals surface area contributed by atoms with Crippen LogP contribution in [0.25, 0.3) is 0 Å². The first-order valence-corrected chi connectivity index (χ1v) is 2.79. The number of methoxy groups -OCH3 is 1. The molecule has 0 unspecified atom stereocenters. The molecule has 0 bridgehead atoms. The van der Waals surface area contributed by atoms with Crippen molar-refractivity contribution in [1.82, 2.24) is 0 Å². The monoisotopic (exact) mass is 119 g/mol. The number of ether oxygens (including phenoxy) is 1. The third-order valence-electron chi connectivity index (χ3n) is 0.387. The van der Waals surface area contributed by atoms with Crippen LogP contribution >= 0.6 is 11.8 Å². The van der Waals surface area contributed by atoms with E-state index in [1.807, 2.05) is 0 Å². The minimum Gasteiger partial charge on any atom is -0.461 e. The highest BCUT2D eigenvalue weighted by molar-refractivity contribution is 8.13. The Hall–Kier alpha value is -0.180. The van der Waals surface area contributed by atoms with Gasteiger partial charge in [0.25, 0.3) is 0 Å². The predicted molar refractivity (Wildman–Crippen MR) is 30.2 cm³/mol. The van der Waals surface area contributed by atoms with Crippen LogP contribution < -0.4 is 0 Å². The Morgan fingerprint density at radius 2 is 2.57 bits per heavy atom. The first kappa shape index (κ1) is 6.82. The topological polar surface area (TPSA) is 26.3 Å². The molecule has 0 fully saturated rings. The molecule has 3 heteroatoms. The summed E-state index contributed by atoms with van der Waals surface area (Å²) in [5.41, 5.74) is 0. The summed E-state index contributed by atoms with van der Waals surface area (Å²) in [5, 5.41) is -0.269. The van der Waals surface area contributed by atoms with Crippen molar-refractivity contribution in [2.24, 2.45) is 0 Å². The lowest BCUT2D eigenvalue weighted by Crippen LogP contribution is -1.89. The Balaban J connectivity index is 3.00.